The third-order valence-corrected chi connectivity index (χ3v) is 4.36. The van der Waals surface area contributed by atoms with E-state index in [1.165, 1.54) is 0 Å². The molecule has 0 bridgehead atoms. The standard InChI is InChI=1S/C18H21N5O2/c1-2-3-8-18(21-22-18)9-11-19-16(24)14-6-4-7-15(13-14)23-12-5-10-20-17(23)25/h1,4,6-7,13H,3,5,8-12H2,(H,19,24)(H,20,25). The fourth-order valence-corrected chi connectivity index (χ4v) is 2.84. The number of urea groups is 1. The minimum absolute atomic E-state index is 0.129. The van der Waals surface area contributed by atoms with Crippen LogP contribution in [-0.2, 0) is 0 Å². The van der Waals surface area contributed by atoms with Crippen LogP contribution in [0.3, 0.4) is 0 Å². The molecule has 0 saturated carbocycles. The first-order chi connectivity index (χ1) is 12.1. The smallest absolute Gasteiger partial charge is 0.321 e. The number of carbonyl (C=O) groups excluding carboxylic acids is 2. The summed E-state index contributed by atoms with van der Waals surface area (Å²) >= 11 is 0. The second-order valence-electron chi connectivity index (χ2n) is 6.18. The third-order valence-electron chi connectivity index (χ3n) is 4.36. The highest BCUT2D eigenvalue weighted by Gasteiger charge is 2.38. The maximum atomic E-state index is 12.4. The van der Waals surface area contributed by atoms with E-state index < -0.39 is 5.66 Å². The molecule has 0 spiro atoms. The van der Waals surface area contributed by atoms with Crippen molar-refractivity contribution in [2.75, 3.05) is 24.5 Å². The molecule has 1 aromatic rings. The monoisotopic (exact) mass is 339 g/mol. The molecule has 3 rings (SSSR count). The molecule has 7 heteroatoms. The molecular formula is C18H21N5O2. The molecule has 2 aliphatic heterocycles. The number of benzene rings is 1. The van der Waals surface area contributed by atoms with Gasteiger partial charge in [-0.05, 0) is 24.6 Å². The number of hydrogen-bond acceptors (Lipinski definition) is 4. The fraction of sp³-hybridized carbons (Fsp3) is 0.444. The lowest BCUT2D eigenvalue weighted by atomic mass is 10.0. The molecular weight excluding hydrogens is 318 g/mol. The van der Waals surface area contributed by atoms with E-state index in [2.05, 4.69) is 26.8 Å². The van der Waals surface area contributed by atoms with E-state index in [0.29, 0.717) is 38.0 Å². The minimum atomic E-state index is -0.395. The molecule has 0 atom stereocenters. The summed E-state index contributed by atoms with van der Waals surface area (Å²) in [4.78, 5) is 25.9. The first kappa shape index (κ1) is 17.0. The van der Waals surface area contributed by atoms with E-state index in [9.17, 15) is 9.59 Å². The Morgan fingerprint density at radius 3 is 2.96 bits per heavy atom. The van der Waals surface area contributed by atoms with Crippen LogP contribution in [0.4, 0.5) is 10.5 Å². The predicted octanol–water partition coefficient (Wildman–Crippen LogP) is 2.30. The van der Waals surface area contributed by atoms with E-state index in [0.717, 1.165) is 18.5 Å². The number of amides is 3. The number of rotatable bonds is 7. The second kappa shape index (κ2) is 7.34. The lowest BCUT2D eigenvalue weighted by Crippen LogP contribution is -2.46. The average Bonchev–Trinajstić information content (AvgIpc) is 3.40. The Labute approximate surface area is 146 Å². The summed E-state index contributed by atoms with van der Waals surface area (Å²) < 4.78 is 0. The van der Waals surface area contributed by atoms with Crippen molar-refractivity contribution in [3.8, 4) is 12.3 Å². The molecule has 3 amide bonds. The number of nitrogens with one attached hydrogen (secondary N) is 2. The lowest BCUT2D eigenvalue weighted by Gasteiger charge is -2.27. The summed E-state index contributed by atoms with van der Waals surface area (Å²) in [7, 11) is 0. The number of terminal acetylenes is 1. The Kier molecular flexibility index (Phi) is 4.98. The number of anilines is 1. The first-order valence-electron chi connectivity index (χ1n) is 8.45. The van der Waals surface area contributed by atoms with Gasteiger partial charge in [-0.2, -0.15) is 10.2 Å². The van der Waals surface area contributed by atoms with Gasteiger partial charge in [0.2, 0.25) is 0 Å². The van der Waals surface area contributed by atoms with E-state index in [-0.39, 0.29) is 11.9 Å². The van der Waals surface area contributed by atoms with Gasteiger partial charge in [-0.3, -0.25) is 9.69 Å². The topological polar surface area (TPSA) is 86.2 Å². The van der Waals surface area contributed by atoms with Crippen LogP contribution < -0.4 is 15.5 Å². The number of carbonyl (C=O) groups is 2. The van der Waals surface area contributed by atoms with Crippen LogP contribution in [0, 0.1) is 12.3 Å². The van der Waals surface area contributed by atoms with Crippen molar-refractivity contribution in [2.45, 2.75) is 31.3 Å². The first-order valence-corrected chi connectivity index (χ1v) is 8.45. The van der Waals surface area contributed by atoms with Crippen molar-refractivity contribution in [1.82, 2.24) is 10.6 Å². The molecule has 2 heterocycles. The second-order valence-corrected chi connectivity index (χ2v) is 6.18. The van der Waals surface area contributed by atoms with Crippen LogP contribution >= 0.6 is 0 Å². The Morgan fingerprint density at radius 2 is 2.24 bits per heavy atom. The molecule has 0 radical (unpaired) electrons. The van der Waals surface area contributed by atoms with Gasteiger partial charge in [0.05, 0.1) is 0 Å². The molecule has 1 aromatic carbocycles. The van der Waals surface area contributed by atoms with Gasteiger partial charge < -0.3 is 10.6 Å². The van der Waals surface area contributed by atoms with Crippen LogP contribution in [-0.4, -0.2) is 37.2 Å². The predicted molar refractivity (Wildman–Crippen MR) is 94.4 cm³/mol. The summed E-state index contributed by atoms with van der Waals surface area (Å²) in [5, 5.41) is 13.8. The summed E-state index contributed by atoms with van der Waals surface area (Å²) in [5.74, 6) is 2.41. The third kappa shape index (κ3) is 4.15. The van der Waals surface area contributed by atoms with Gasteiger partial charge in [0.25, 0.3) is 5.91 Å². The Hall–Kier alpha value is -2.88. The molecule has 7 nitrogen and oxygen atoms in total. The Bertz CT molecular complexity index is 731. The fourth-order valence-electron chi connectivity index (χ4n) is 2.84. The zero-order valence-electron chi connectivity index (χ0n) is 14.0. The zero-order chi connectivity index (χ0) is 17.7. The maximum absolute atomic E-state index is 12.4. The molecule has 0 aromatic heterocycles. The van der Waals surface area contributed by atoms with Crippen molar-refractivity contribution in [1.29, 1.82) is 0 Å². The Morgan fingerprint density at radius 1 is 1.40 bits per heavy atom. The Balaban J connectivity index is 1.55. The highest BCUT2D eigenvalue weighted by Crippen LogP contribution is 2.36. The zero-order valence-corrected chi connectivity index (χ0v) is 14.0. The SMILES string of the molecule is C#CCCC1(CCNC(=O)c2cccc(N3CCCNC3=O)c2)N=N1. The highest BCUT2D eigenvalue weighted by atomic mass is 16.2. The van der Waals surface area contributed by atoms with Crippen LogP contribution in [0.15, 0.2) is 34.5 Å². The molecule has 0 unspecified atom stereocenters. The van der Waals surface area contributed by atoms with Gasteiger partial charge in [0.1, 0.15) is 0 Å². The van der Waals surface area contributed by atoms with E-state index >= 15 is 0 Å². The van der Waals surface area contributed by atoms with Crippen molar-refractivity contribution in [2.24, 2.45) is 10.2 Å². The van der Waals surface area contributed by atoms with Gasteiger partial charge in [-0.15, -0.1) is 12.3 Å². The average molecular weight is 339 g/mol. The van der Waals surface area contributed by atoms with Crippen molar-refractivity contribution >= 4 is 17.6 Å². The molecule has 2 N–H and O–H groups in total. The van der Waals surface area contributed by atoms with Crippen molar-refractivity contribution in [3.05, 3.63) is 29.8 Å². The number of hydrogen-bond donors (Lipinski definition) is 2. The number of nitrogens with zero attached hydrogens (tertiary/aromatic N) is 3. The molecule has 1 saturated heterocycles. The molecule has 0 aliphatic carbocycles. The summed E-state index contributed by atoms with van der Waals surface area (Å²) in [6.07, 6.45) is 8.14. The van der Waals surface area contributed by atoms with Gasteiger partial charge in [0, 0.05) is 50.1 Å². The van der Waals surface area contributed by atoms with Crippen molar-refractivity contribution < 1.29 is 9.59 Å². The van der Waals surface area contributed by atoms with Crippen LogP contribution in [0.25, 0.3) is 0 Å². The maximum Gasteiger partial charge on any atom is 0.321 e. The van der Waals surface area contributed by atoms with E-state index in [4.69, 9.17) is 6.42 Å². The van der Waals surface area contributed by atoms with Crippen molar-refractivity contribution in [3.63, 3.8) is 0 Å². The lowest BCUT2D eigenvalue weighted by molar-refractivity contribution is 0.0952. The molecule has 130 valence electrons. The molecule has 25 heavy (non-hydrogen) atoms. The summed E-state index contributed by atoms with van der Waals surface area (Å²) in [6, 6.07) is 6.96. The van der Waals surface area contributed by atoms with Crippen LogP contribution in [0.1, 0.15) is 36.0 Å². The minimum Gasteiger partial charge on any atom is -0.352 e. The van der Waals surface area contributed by atoms with Gasteiger partial charge in [-0.25, -0.2) is 4.79 Å². The van der Waals surface area contributed by atoms with Crippen LogP contribution in [0.5, 0.6) is 0 Å². The van der Waals surface area contributed by atoms with E-state index in [1.807, 2.05) is 6.07 Å². The van der Waals surface area contributed by atoms with Gasteiger partial charge in [0.15, 0.2) is 5.66 Å². The van der Waals surface area contributed by atoms with Gasteiger partial charge in [-0.1, -0.05) is 6.07 Å². The summed E-state index contributed by atoms with van der Waals surface area (Å²) in [5.41, 5.74) is 0.855. The highest BCUT2D eigenvalue weighted by molar-refractivity contribution is 5.97. The normalized spacial score (nSPS) is 17.6. The molecule has 2 aliphatic rings. The largest absolute Gasteiger partial charge is 0.352 e. The molecule has 1 fully saturated rings. The van der Waals surface area contributed by atoms with Crippen LogP contribution in [0.2, 0.25) is 0 Å². The van der Waals surface area contributed by atoms with Gasteiger partial charge >= 0.3 is 6.03 Å². The van der Waals surface area contributed by atoms with E-state index in [1.54, 1.807) is 23.1 Å². The summed E-state index contributed by atoms with van der Waals surface area (Å²) in [6.45, 7) is 1.81. The quantitative estimate of drug-likeness (QED) is 0.747.